The van der Waals surface area contributed by atoms with Crippen LogP contribution in [-0.4, -0.2) is 13.1 Å². The molecule has 1 fully saturated rings. The molecule has 1 saturated carbocycles. The van der Waals surface area contributed by atoms with Crippen molar-refractivity contribution in [2.75, 3.05) is 7.05 Å². The van der Waals surface area contributed by atoms with Crippen LogP contribution in [0.5, 0.6) is 0 Å². The van der Waals surface area contributed by atoms with Gasteiger partial charge in [-0.2, -0.15) is 0 Å². The molecular weight excluding hydrogens is 206 g/mol. The smallest absolute Gasteiger partial charge is 0.0170 e. The molecule has 0 aromatic heterocycles. The van der Waals surface area contributed by atoms with Crippen molar-refractivity contribution in [3.05, 3.63) is 35.9 Å². The molecule has 1 heteroatoms. The summed E-state index contributed by atoms with van der Waals surface area (Å²) in [6, 6.07) is 11.4. The van der Waals surface area contributed by atoms with E-state index in [1.807, 2.05) is 0 Å². The Morgan fingerprint density at radius 2 is 2.06 bits per heavy atom. The first-order chi connectivity index (χ1) is 8.33. The second-order valence-corrected chi connectivity index (χ2v) is 4.96. The highest BCUT2D eigenvalue weighted by Crippen LogP contribution is 2.47. The van der Waals surface area contributed by atoms with Crippen LogP contribution in [0.15, 0.2) is 30.3 Å². The van der Waals surface area contributed by atoms with Crippen LogP contribution in [0.2, 0.25) is 0 Å². The van der Waals surface area contributed by atoms with Gasteiger partial charge in [0.25, 0.3) is 0 Å². The maximum absolute atomic E-state index is 5.40. The molecule has 1 N–H and O–H groups in total. The highest BCUT2D eigenvalue weighted by Gasteiger charge is 2.44. The second-order valence-electron chi connectivity index (χ2n) is 4.96. The SMILES string of the molecule is C#CCCC(NC)C1(c2ccccc2)CCC1. The van der Waals surface area contributed by atoms with Crippen LogP contribution < -0.4 is 5.32 Å². The minimum Gasteiger partial charge on any atom is -0.316 e. The van der Waals surface area contributed by atoms with Gasteiger partial charge in [0.15, 0.2) is 0 Å². The van der Waals surface area contributed by atoms with E-state index in [1.165, 1.54) is 24.8 Å². The quantitative estimate of drug-likeness (QED) is 0.762. The molecule has 0 aliphatic heterocycles. The van der Waals surface area contributed by atoms with Crippen molar-refractivity contribution in [3.63, 3.8) is 0 Å². The third-order valence-corrected chi connectivity index (χ3v) is 4.19. The average molecular weight is 227 g/mol. The minimum atomic E-state index is 0.326. The Morgan fingerprint density at radius 3 is 2.53 bits per heavy atom. The minimum absolute atomic E-state index is 0.326. The van der Waals surface area contributed by atoms with E-state index in [0.717, 1.165) is 12.8 Å². The van der Waals surface area contributed by atoms with Gasteiger partial charge in [0.1, 0.15) is 0 Å². The summed E-state index contributed by atoms with van der Waals surface area (Å²) in [5, 5.41) is 3.48. The predicted octanol–water partition coefficient (Wildman–Crippen LogP) is 3.11. The molecule has 0 radical (unpaired) electrons. The Morgan fingerprint density at radius 1 is 1.35 bits per heavy atom. The van der Waals surface area contributed by atoms with Crippen LogP contribution in [0, 0.1) is 12.3 Å². The number of likely N-dealkylation sites (N-methyl/N-ethyl adjacent to an activating group) is 1. The lowest BCUT2D eigenvalue weighted by atomic mass is 9.59. The van der Waals surface area contributed by atoms with E-state index in [9.17, 15) is 0 Å². The first-order valence-corrected chi connectivity index (χ1v) is 6.50. The first-order valence-electron chi connectivity index (χ1n) is 6.50. The number of hydrogen-bond donors (Lipinski definition) is 1. The molecule has 1 unspecified atom stereocenters. The normalized spacial score (nSPS) is 19.1. The summed E-state index contributed by atoms with van der Waals surface area (Å²) in [7, 11) is 2.06. The van der Waals surface area contributed by atoms with Crippen LogP contribution >= 0.6 is 0 Å². The third-order valence-electron chi connectivity index (χ3n) is 4.19. The van der Waals surface area contributed by atoms with Gasteiger partial charge in [-0.1, -0.05) is 36.8 Å². The fourth-order valence-corrected chi connectivity index (χ4v) is 3.09. The summed E-state index contributed by atoms with van der Waals surface area (Å²) < 4.78 is 0. The predicted molar refractivity (Wildman–Crippen MR) is 72.9 cm³/mol. The third kappa shape index (κ3) is 2.23. The van der Waals surface area contributed by atoms with Gasteiger partial charge in [-0.3, -0.25) is 0 Å². The van der Waals surface area contributed by atoms with Crippen molar-refractivity contribution in [1.29, 1.82) is 0 Å². The molecule has 0 heterocycles. The molecule has 0 bridgehead atoms. The Bertz CT molecular complexity index is 384. The topological polar surface area (TPSA) is 12.0 Å². The number of hydrogen-bond acceptors (Lipinski definition) is 1. The Hall–Kier alpha value is -1.26. The van der Waals surface area contributed by atoms with Crippen molar-refractivity contribution in [1.82, 2.24) is 5.32 Å². The number of terminal acetylenes is 1. The number of rotatable bonds is 5. The lowest BCUT2D eigenvalue weighted by molar-refractivity contribution is 0.168. The van der Waals surface area contributed by atoms with Crippen LogP contribution in [0.25, 0.3) is 0 Å². The van der Waals surface area contributed by atoms with E-state index < -0.39 is 0 Å². The van der Waals surface area contributed by atoms with Crippen molar-refractivity contribution in [3.8, 4) is 12.3 Å². The Kier molecular flexibility index (Phi) is 3.86. The van der Waals surface area contributed by atoms with E-state index in [1.54, 1.807) is 0 Å². The zero-order valence-electron chi connectivity index (χ0n) is 10.6. The largest absolute Gasteiger partial charge is 0.316 e. The van der Waals surface area contributed by atoms with Gasteiger partial charge < -0.3 is 5.32 Å². The molecule has 17 heavy (non-hydrogen) atoms. The Balaban J connectivity index is 2.21. The van der Waals surface area contributed by atoms with Crippen molar-refractivity contribution in [2.24, 2.45) is 0 Å². The summed E-state index contributed by atoms with van der Waals surface area (Å²) in [4.78, 5) is 0. The lowest BCUT2D eigenvalue weighted by Gasteiger charge is -2.48. The van der Waals surface area contributed by atoms with Crippen LogP contribution in [-0.2, 0) is 5.41 Å². The van der Waals surface area contributed by atoms with E-state index in [-0.39, 0.29) is 0 Å². The van der Waals surface area contributed by atoms with E-state index in [4.69, 9.17) is 6.42 Å². The lowest BCUT2D eigenvalue weighted by Crippen LogP contribution is -2.51. The maximum Gasteiger partial charge on any atom is 0.0170 e. The molecule has 1 atom stereocenters. The van der Waals surface area contributed by atoms with Gasteiger partial charge in [-0.25, -0.2) is 0 Å². The standard InChI is InChI=1S/C16H21N/c1-3-4-11-15(17-2)16(12-8-13-16)14-9-6-5-7-10-14/h1,5-7,9-10,15,17H,4,8,11-13H2,2H3. The van der Waals surface area contributed by atoms with E-state index in [0.29, 0.717) is 11.5 Å². The highest BCUT2D eigenvalue weighted by atomic mass is 14.9. The molecule has 0 saturated heterocycles. The Labute approximate surface area is 105 Å². The van der Waals surface area contributed by atoms with Crippen molar-refractivity contribution in [2.45, 2.75) is 43.6 Å². The van der Waals surface area contributed by atoms with Crippen LogP contribution in [0.3, 0.4) is 0 Å². The zero-order chi connectivity index (χ0) is 12.1. The van der Waals surface area contributed by atoms with Gasteiger partial charge >= 0.3 is 0 Å². The second kappa shape index (κ2) is 5.38. The molecule has 1 aliphatic rings. The molecule has 1 aliphatic carbocycles. The monoisotopic (exact) mass is 227 g/mol. The van der Waals surface area contributed by atoms with Gasteiger partial charge in [0, 0.05) is 17.9 Å². The van der Waals surface area contributed by atoms with E-state index >= 15 is 0 Å². The van der Waals surface area contributed by atoms with E-state index in [2.05, 4.69) is 48.6 Å². The van der Waals surface area contributed by atoms with Gasteiger partial charge in [-0.05, 0) is 31.9 Å². The highest BCUT2D eigenvalue weighted by molar-refractivity contribution is 5.30. The summed E-state index contributed by atoms with van der Waals surface area (Å²) in [6.45, 7) is 0. The van der Waals surface area contributed by atoms with Crippen LogP contribution in [0.1, 0.15) is 37.7 Å². The molecule has 0 spiro atoms. The summed E-state index contributed by atoms with van der Waals surface area (Å²) in [5.74, 6) is 2.76. The van der Waals surface area contributed by atoms with Gasteiger partial charge in [0.05, 0.1) is 0 Å². The van der Waals surface area contributed by atoms with Gasteiger partial charge in [0.2, 0.25) is 0 Å². The average Bonchev–Trinajstić information content (AvgIpc) is 2.33. The van der Waals surface area contributed by atoms with Gasteiger partial charge in [-0.15, -0.1) is 12.3 Å². The molecule has 1 nitrogen and oxygen atoms in total. The van der Waals surface area contributed by atoms with Crippen molar-refractivity contribution >= 4 is 0 Å². The molecule has 1 aromatic carbocycles. The molecule has 0 amide bonds. The molecule has 90 valence electrons. The maximum atomic E-state index is 5.40. The van der Waals surface area contributed by atoms with Crippen molar-refractivity contribution < 1.29 is 0 Å². The molecular formula is C16H21N. The van der Waals surface area contributed by atoms with Crippen LogP contribution in [0.4, 0.5) is 0 Å². The first kappa shape index (κ1) is 12.2. The number of nitrogens with one attached hydrogen (secondary N) is 1. The molecule has 1 aromatic rings. The summed E-state index contributed by atoms with van der Waals surface area (Å²) in [6.07, 6.45) is 11.2. The number of benzene rings is 1. The fourth-order valence-electron chi connectivity index (χ4n) is 3.09. The summed E-state index contributed by atoms with van der Waals surface area (Å²) >= 11 is 0. The summed E-state index contributed by atoms with van der Waals surface area (Å²) in [5.41, 5.74) is 1.80. The fraction of sp³-hybridized carbons (Fsp3) is 0.500. The zero-order valence-corrected chi connectivity index (χ0v) is 10.6. The molecule has 2 rings (SSSR count).